The summed E-state index contributed by atoms with van der Waals surface area (Å²) in [5.41, 5.74) is 0.222. The molecular formula is C22H20F4N4O. The summed E-state index contributed by atoms with van der Waals surface area (Å²) in [5, 5.41) is 11.0. The Morgan fingerprint density at radius 3 is 2.55 bits per heavy atom. The largest absolute Gasteiger partial charge is 0.416 e. The summed E-state index contributed by atoms with van der Waals surface area (Å²) in [6.45, 7) is 0.782. The third kappa shape index (κ3) is 4.76. The molecule has 0 spiro atoms. The average molecular weight is 432 g/mol. The van der Waals surface area contributed by atoms with E-state index in [1.807, 2.05) is 4.57 Å². The molecule has 31 heavy (non-hydrogen) atoms. The maximum atomic E-state index is 14.3. The fraction of sp³-hybridized carbons (Fsp3) is 0.318. The molecule has 0 radical (unpaired) electrons. The number of halogens is 4. The summed E-state index contributed by atoms with van der Waals surface area (Å²) in [5.74, 6) is 0.371. The van der Waals surface area contributed by atoms with Gasteiger partial charge < -0.3 is 9.88 Å². The highest BCUT2D eigenvalue weighted by Gasteiger charge is 2.30. The van der Waals surface area contributed by atoms with Crippen LogP contribution in [0.5, 0.6) is 0 Å². The topological polar surface area (TPSA) is 59.8 Å². The molecule has 0 saturated heterocycles. The first-order valence-corrected chi connectivity index (χ1v) is 9.99. The van der Waals surface area contributed by atoms with E-state index < -0.39 is 23.5 Å². The van der Waals surface area contributed by atoms with Gasteiger partial charge in [-0.25, -0.2) is 4.39 Å². The lowest BCUT2D eigenvalue weighted by Gasteiger charge is -2.11. The predicted molar refractivity (Wildman–Crippen MR) is 107 cm³/mol. The van der Waals surface area contributed by atoms with Crippen molar-refractivity contribution in [1.29, 1.82) is 0 Å². The summed E-state index contributed by atoms with van der Waals surface area (Å²) < 4.78 is 54.3. The van der Waals surface area contributed by atoms with Crippen molar-refractivity contribution in [3.63, 3.8) is 0 Å². The van der Waals surface area contributed by atoms with E-state index in [0.29, 0.717) is 17.0 Å². The SMILES string of the molecule is O=C(Cc1ccc(C(F)(F)F)cc1)Nc1cc(-c2nnc3n2CCCCC3)ccc1F. The number of benzene rings is 2. The van der Waals surface area contributed by atoms with Crippen molar-refractivity contribution in [1.82, 2.24) is 14.8 Å². The number of hydrogen-bond acceptors (Lipinski definition) is 3. The standard InChI is InChI=1S/C22H20F4N4O/c23-17-10-7-15(21-29-28-19-4-2-1-3-11-30(19)21)13-18(17)27-20(31)12-14-5-8-16(9-6-14)22(24,25)26/h5-10,13H,1-4,11-12H2,(H,27,31). The predicted octanol–water partition coefficient (Wildman–Crippen LogP) is 5.01. The number of alkyl halides is 3. The Kier molecular flexibility index (Phi) is 5.75. The zero-order valence-corrected chi connectivity index (χ0v) is 16.5. The van der Waals surface area contributed by atoms with E-state index in [9.17, 15) is 22.4 Å². The van der Waals surface area contributed by atoms with Crippen molar-refractivity contribution >= 4 is 11.6 Å². The van der Waals surface area contributed by atoms with E-state index in [0.717, 1.165) is 50.2 Å². The van der Waals surface area contributed by atoms with Gasteiger partial charge in [-0.3, -0.25) is 4.79 Å². The van der Waals surface area contributed by atoms with Crippen molar-refractivity contribution in [3.05, 3.63) is 65.2 Å². The molecule has 1 aliphatic rings. The number of hydrogen-bond donors (Lipinski definition) is 1. The monoisotopic (exact) mass is 432 g/mol. The fourth-order valence-corrected chi connectivity index (χ4v) is 3.65. The lowest BCUT2D eigenvalue weighted by Crippen LogP contribution is -2.16. The molecule has 1 N–H and O–H groups in total. The van der Waals surface area contributed by atoms with E-state index in [1.165, 1.54) is 24.3 Å². The smallest absolute Gasteiger partial charge is 0.323 e. The lowest BCUT2D eigenvalue weighted by atomic mass is 10.1. The molecule has 1 aliphatic heterocycles. The minimum Gasteiger partial charge on any atom is -0.323 e. The second kappa shape index (κ2) is 8.49. The summed E-state index contributed by atoms with van der Waals surface area (Å²) in [6, 6.07) is 8.65. The van der Waals surface area contributed by atoms with Gasteiger partial charge in [-0.05, 0) is 48.7 Å². The van der Waals surface area contributed by atoms with Crippen molar-refractivity contribution in [2.45, 2.75) is 44.8 Å². The number of fused-ring (bicyclic) bond motifs is 1. The Morgan fingerprint density at radius 1 is 1.03 bits per heavy atom. The van der Waals surface area contributed by atoms with Crippen LogP contribution in [-0.2, 0) is 30.4 Å². The molecule has 5 nitrogen and oxygen atoms in total. The molecular weight excluding hydrogens is 412 g/mol. The van der Waals surface area contributed by atoms with Crippen LogP contribution in [0.4, 0.5) is 23.2 Å². The summed E-state index contributed by atoms with van der Waals surface area (Å²) in [6.07, 6.45) is -0.614. The highest BCUT2D eigenvalue weighted by atomic mass is 19.4. The number of anilines is 1. The van der Waals surface area contributed by atoms with Crippen molar-refractivity contribution in [2.24, 2.45) is 0 Å². The molecule has 0 bridgehead atoms. The van der Waals surface area contributed by atoms with Gasteiger partial charge in [-0.2, -0.15) is 13.2 Å². The second-order valence-corrected chi connectivity index (χ2v) is 7.52. The van der Waals surface area contributed by atoms with Crippen LogP contribution < -0.4 is 5.32 Å². The normalized spacial score (nSPS) is 14.1. The van der Waals surface area contributed by atoms with Gasteiger partial charge in [0, 0.05) is 18.5 Å². The molecule has 0 saturated carbocycles. The first-order chi connectivity index (χ1) is 14.8. The van der Waals surface area contributed by atoms with Gasteiger partial charge >= 0.3 is 6.18 Å². The molecule has 2 heterocycles. The number of amides is 1. The van der Waals surface area contributed by atoms with Crippen LogP contribution in [0.3, 0.4) is 0 Å². The lowest BCUT2D eigenvalue weighted by molar-refractivity contribution is -0.137. The van der Waals surface area contributed by atoms with Gasteiger partial charge in [0.15, 0.2) is 5.82 Å². The number of aromatic nitrogens is 3. The number of rotatable bonds is 4. The van der Waals surface area contributed by atoms with Gasteiger partial charge in [-0.1, -0.05) is 18.6 Å². The second-order valence-electron chi connectivity index (χ2n) is 7.52. The Bertz CT molecular complexity index is 1090. The Morgan fingerprint density at radius 2 is 1.81 bits per heavy atom. The summed E-state index contributed by atoms with van der Waals surface area (Å²) >= 11 is 0. The Balaban J connectivity index is 1.50. The zero-order valence-electron chi connectivity index (χ0n) is 16.5. The zero-order chi connectivity index (χ0) is 22.0. The highest BCUT2D eigenvalue weighted by molar-refractivity contribution is 5.93. The molecule has 2 aromatic carbocycles. The molecule has 9 heteroatoms. The van der Waals surface area contributed by atoms with Crippen molar-refractivity contribution in [3.8, 4) is 11.4 Å². The van der Waals surface area contributed by atoms with Gasteiger partial charge in [0.25, 0.3) is 0 Å². The van der Waals surface area contributed by atoms with Crippen LogP contribution in [0.1, 0.15) is 36.2 Å². The van der Waals surface area contributed by atoms with Gasteiger partial charge in [0.2, 0.25) is 5.91 Å². The third-order valence-electron chi connectivity index (χ3n) is 5.25. The van der Waals surface area contributed by atoms with E-state index in [4.69, 9.17) is 0 Å². The van der Waals surface area contributed by atoms with E-state index >= 15 is 0 Å². The molecule has 0 fully saturated rings. The molecule has 4 rings (SSSR count). The van der Waals surface area contributed by atoms with Crippen molar-refractivity contribution < 1.29 is 22.4 Å². The van der Waals surface area contributed by atoms with Gasteiger partial charge in [0.1, 0.15) is 11.6 Å². The molecule has 162 valence electrons. The minimum absolute atomic E-state index is 0.0135. The van der Waals surface area contributed by atoms with Crippen LogP contribution >= 0.6 is 0 Å². The van der Waals surface area contributed by atoms with Crippen LogP contribution in [0.2, 0.25) is 0 Å². The quantitative estimate of drug-likeness (QED) is 0.590. The van der Waals surface area contributed by atoms with E-state index in [-0.39, 0.29) is 12.1 Å². The summed E-state index contributed by atoms with van der Waals surface area (Å²) in [4.78, 5) is 12.4. The molecule has 1 amide bonds. The first-order valence-electron chi connectivity index (χ1n) is 9.99. The van der Waals surface area contributed by atoms with E-state index in [2.05, 4.69) is 15.5 Å². The van der Waals surface area contributed by atoms with Crippen molar-refractivity contribution in [2.75, 3.05) is 5.32 Å². The maximum Gasteiger partial charge on any atom is 0.416 e. The number of aryl methyl sites for hydroxylation is 1. The number of nitrogens with one attached hydrogen (secondary N) is 1. The van der Waals surface area contributed by atoms with Crippen LogP contribution in [0, 0.1) is 5.82 Å². The Labute approximate surface area is 176 Å². The number of carbonyl (C=O) groups excluding carboxylic acids is 1. The minimum atomic E-state index is -4.44. The molecule has 0 aliphatic carbocycles. The van der Waals surface area contributed by atoms with Gasteiger partial charge in [-0.15, -0.1) is 10.2 Å². The molecule has 1 aromatic heterocycles. The molecule has 0 unspecified atom stereocenters. The average Bonchev–Trinajstić information content (AvgIpc) is 2.97. The van der Waals surface area contributed by atoms with Crippen LogP contribution in [0.25, 0.3) is 11.4 Å². The highest BCUT2D eigenvalue weighted by Crippen LogP contribution is 2.29. The van der Waals surface area contributed by atoms with Crippen LogP contribution in [0.15, 0.2) is 42.5 Å². The van der Waals surface area contributed by atoms with E-state index in [1.54, 1.807) is 6.07 Å². The van der Waals surface area contributed by atoms with Gasteiger partial charge in [0.05, 0.1) is 17.7 Å². The number of nitrogens with zero attached hydrogens (tertiary/aromatic N) is 3. The summed E-state index contributed by atoms with van der Waals surface area (Å²) in [7, 11) is 0. The Hall–Kier alpha value is -3.23. The van der Waals surface area contributed by atoms with Crippen LogP contribution in [-0.4, -0.2) is 20.7 Å². The first kappa shape index (κ1) is 21.0. The molecule has 3 aromatic rings. The molecule has 0 atom stereocenters. The maximum absolute atomic E-state index is 14.3. The fourth-order valence-electron chi connectivity index (χ4n) is 3.65. The number of carbonyl (C=O) groups is 1. The third-order valence-corrected chi connectivity index (χ3v) is 5.25.